The number of ether oxygens (including phenoxy) is 5. The fraction of sp³-hybridized carbons (Fsp3) is 0.744. The van der Waals surface area contributed by atoms with Gasteiger partial charge in [-0.05, 0) is 93.0 Å². The molecule has 17 nitrogen and oxygen atoms in total. The molecule has 2 amide bonds. The Bertz CT molecular complexity index is 1800. The minimum Gasteiger partial charge on any atom is -0.458 e. The van der Waals surface area contributed by atoms with Gasteiger partial charge >= 0.3 is 12.1 Å². The zero-order valence-corrected chi connectivity index (χ0v) is 39.1. The lowest BCUT2D eigenvalue weighted by Gasteiger charge is -2.46. The van der Waals surface area contributed by atoms with E-state index in [9.17, 15) is 28.2 Å². The lowest BCUT2D eigenvalue weighted by atomic mass is 9.78. The molecular weight excluding hydrogens is 826 g/mol. The molecule has 0 spiro atoms. The highest BCUT2D eigenvalue weighted by Gasteiger charge is 2.59. The summed E-state index contributed by atoms with van der Waals surface area (Å²) in [6, 6.07) is 3.88. The molecule has 2 aromatic heterocycles. The molecule has 0 aromatic carbocycles. The van der Waals surface area contributed by atoms with E-state index in [1.165, 1.54) is 20.3 Å². The van der Waals surface area contributed by atoms with Gasteiger partial charge in [-0.25, -0.2) is 4.79 Å². The Balaban J connectivity index is 0.00000273. The second kappa shape index (κ2) is 22.2. The maximum Gasteiger partial charge on any atom is 0.410 e. The monoisotopic (exact) mass is 893 g/mol. The van der Waals surface area contributed by atoms with E-state index in [-0.39, 0.29) is 49.6 Å². The van der Waals surface area contributed by atoms with Gasteiger partial charge in [0.2, 0.25) is 5.91 Å². The molecule has 2 aromatic rings. The number of methoxy groups -OCH3 is 1. The summed E-state index contributed by atoms with van der Waals surface area (Å²) in [6.07, 6.45) is 1.96. The lowest BCUT2D eigenvalue weighted by molar-refractivity contribution is -0.295. The van der Waals surface area contributed by atoms with Crippen molar-refractivity contribution < 1.29 is 51.9 Å². The van der Waals surface area contributed by atoms with Crippen molar-refractivity contribution in [1.82, 2.24) is 35.1 Å². The maximum absolute atomic E-state index is 14.4. The minimum absolute atomic E-state index is 0.0989. The number of unbranched alkanes of at least 4 members (excludes halogenated alkanes) is 1. The summed E-state index contributed by atoms with van der Waals surface area (Å²) in [5, 5.41) is 23.0. The van der Waals surface area contributed by atoms with Gasteiger partial charge in [-0.15, -0.1) is 5.10 Å². The van der Waals surface area contributed by atoms with Crippen LogP contribution in [0.2, 0.25) is 0 Å². The number of likely N-dealkylation sites (N-methyl/N-ethyl adjacent to an activating group) is 1. The standard InChI is InChI=1S/C42H65N7O10.CH3FS/c1-12-32-42(8)35(49(40(54)59-42)20-16-15-19-48-23-30(45-46-48)29-17-13-14-18-43-29)28(6)44-37(52)24(2)22-41(7,55-11)36(26(4)33(50)27(5)38(53)57-32)58-39-34(51)31(47(9)10)21-25(3)56-39;1-3-2/h13-14,17-18,23-28,31-32,34-36,39,51H,12,15-16,19-22H2,1-11H3,(H,44,52);1H3/t24-,25?,26-,27-,28-,31?,32-,34?,35-,36-,39+,41-,42-;/m1./s1. The first-order chi connectivity index (χ1) is 29.3. The second-order valence-corrected chi connectivity index (χ2v) is 17.7. The Morgan fingerprint density at radius 2 is 1.74 bits per heavy atom. The number of nitrogens with zero attached hydrogens (tertiary/aromatic N) is 6. The molecule has 2 N–H and O–H groups in total. The normalized spacial score (nSPS) is 34.9. The number of aliphatic hydroxyl groups excluding tert-OH is 1. The largest absolute Gasteiger partial charge is 0.458 e. The van der Waals surface area contributed by atoms with E-state index in [1.807, 2.05) is 64.2 Å². The number of hydrogen-bond acceptors (Lipinski definition) is 15. The quantitative estimate of drug-likeness (QED) is 0.176. The zero-order valence-electron chi connectivity index (χ0n) is 38.3. The summed E-state index contributed by atoms with van der Waals surface area (Å²) in [4.78, 5) is 64.2. The predicted molar refractivity (Wildman–Crippen MR) is 230 cm³/mol. The summed E-state index contributed by atoms with van der Waals surface area (Å²) in [6.45, 7) is 14.7. The van der Waals surface area contributed by atoms with Crippen molar-refractivity contribution in [2.75, 3.05) is 34.0 Å². The Hall–Kier alpha value is -3.75. The van der Waals surface area contributed by atoms with Crippen LogP contribution in [-0.2, 0) is 44.6 Å². The summed E-state index contributed by atoms with van der Waals surface area (Å²) in [5.41, 5.74) is -1.30. The number of carbonyl (C=O) groups is 4. The summed E-state index contributed by atoms with van der Waals surface area (Å²) >= 11 is 0.250. The minimum atomic E-state index is -1.39. The SMILES string of the molecule is CC[C@H]1OC(=O)[C@H](C)C(=O)[C@@H](C)[C@@H](O[C@@H]2OC(C)CC(N(C)C)C2O)[C@](C)(OC)C[C@@H](C)C(=O)N[C@H](C)[C@H]2N(CCCCn3cc(-c4ccccn4)nn3)C(=O)O[C@]12C.CSF. The summed E-state index contributed by atoms with van der Waals surface area (Å²) < 4.78 is 43.1. The van der Waals surface area contributed by atoms with E-state index in [0.29, 0.717) is 37.2 Å². The molecule has 348 valence electrons. The van der Waals surface area contributed by atoms with E-state index in [0.717, 1.165) is 0 Å². The number of Topliss-reactive ketones (excluding diaryl/α,β-unsaturated/α-hetero) is 1. The Morgan fingerprint density at radius 1 is 1.06 bits per heavy atom. The molecule has 3 saturated heterocycles. The number of halogens is 1. The van der Waals surface area contributed by atoms with E-state index >= 15 is 0 Å². The highest BCUT2D eigenvalue weighted by Crippen LogP contribution is 2.40. The van der Waals surface area contributed by atoms with E-state index in [2.05, 4.69) is 20.6 Å². The summed E-state index contributed by atoms with van der Waals surface area (Å²) in [5.74, 6) is -4.49. The molecule has 3 fully saturated rings. The third kappa shape index (κ3) is 11.7. The van der Waals surface area contributed by atoms with Crippen molar-refractivity contribution in [3.05, 3.63) is 30.6 Å². The molecule has 19 heteroatoms. The number of aliphatic hydroxyl groups is 1. The predicted octanol–water partition coefficient (Wildman–Crippen LogP) is 4.86. The number of carbonyl (C=O) groups excluding carboxylic acids is 4. The molecule has 5 heterocycles. The van der Waals surface area contributed by atoms with Crippen molar-refractivity contribution >= 4 is 35.9 Å². The van der Waals surface area contributed by atoms with Gasteiger partial charge in [0.25, 0.3) is 0 Å². The smallest absolute Gasteiger partial charge is 0.410 e. The molecule has 5 rings (SSSR count). The molecule has 0 aliphatic carbocycles. The van der Waals surface area contributed by atoms with Gasteiger partial charge in [0.1, 0.15) is 23.8 Å². The first-order valence-electron chi connectivity index (χ1n) is 21.5. The molecule has 0 bridgehead atoms. The number of pyridine rings is 1. The number of esters is 1. The Morgan fingerprint density at radius 3 is 2.35 bits per heavy atom. The number of amides is 2. The van der Waals surface area contributed by atoms with Gasteiger partial charge in [0.15, 0.2) is 17.7 Å². The average Bonchev–Trinajstić information content (AvgIpc) is 3.82. The molecule has 0 radical (unpaired) electrons. The van der Waals surface area contributed by atoms with Crippen LogP contribution in [0.4, 0.5) is 8.68 Å². The van der Waals surface area contributed by atoms with Crippen LogP contribution < -0.4 is 5.32 Å². The maximum atomic E-state index is 14.4. The van der Waals surface area contributed by atoms with Gasteiger partial charge < -0.3 is 39.0 Å². The number of aromatic nitrogens is 4. The number of nitrogens with one attached hydrogen (secondary N) is 1. The van der Waals surface area contributed by atoms with E-state index in [1.54, 1.807) is 43.5 Å². The number of aryl methyl sites for hydroxylation is 1. The van der Waals surface area contributed by atoms with Crippen LogP contribution in [0.25, 0.3) is 11.4 Å². The van der Waals surface area contributed by atoms with Crippen LogP contribution >= 0.6 is 12.1 Å². The van der Waals surface area contributed by atoms with Crippen LogP contribution in [0.1, 0.15) is 87.5 Å². The first kappa shape index (κ1) is 50.9. The third-order valence-electron chi connectivity index (χ3n) is 12.5. The first-order valence-corrected chi connectivity index (χ1v) is 22.6. The molecular formula is C43H68FN7O10S. The highest BCUT2D eigenvalue weighted by atomic mass is 32.2. The van der Waals surface area contributed by atoms with E-state index in [4.69, 9.17) is 23.7 Å². The lowest BCUT2D eigenvalue weighted by Crippen LogP contribution is -2.61. The fourth-order valence-electron chi connectivity index (χ4n) is 9.14. The van der Waals surface area contributed by atoms with Crippen LogP contribution in [0, 0.1) is 17.8 Å². The van der Waals surface area contributed by atoms with Crippen molar-refractivity contribution in [2.24, 2.45) is 17.8 Å². The van der Waals surface area contributed by atoms with Crippen molar-refractivity contribution in [3.63, 3.8) is 0 Å². The number of ketones is 1. The molecule has 13 atom stereocenters. The van der Waals surface area contributed by atoms with Crippen LogP contribution in [-0.4, -0.2) is 153 Å². The summed E-state index contributed by atoms with van der Waals surface area (Å²) in [7, 11) is 5.21. The number of cyclic esters (lactones) is 1. The van der Waals surface area contributed by atoms with Gasteiger partial charge in [-0.2, -0.15) is 3.89 Å². The number of rotatable bonds is 11. The van der Waals surface area contributed by atoms with Gasteiger partial charge in [0, 0.05) is 62.7 Å². The Labute approximate surface area is 369 Å². The average molecular weight is 894 g/mol. The highest BCUT2D eigenvalue weighted by molar-refractivity contribution is 7.93. The zero-order chi connectivity index (χ0) is 46.1. The Kier molecular flexibility index (Phi) is 18.3. The van der Waals surface area contributed by atoms with Crippen molar-refractivity contribution in [1.29, 1.82) is 0 Å². The van der Waals surface area contributed by atoms with Gasteiger partial charge in [0.05, 0.1) is 41.8 Å². The van der Waals surface area contributed by atoms with Gasteiger partial charge in [-0.1, -0.05) is 32.1 Å². The molecule has 3 unspecified atom stereocenters. The molecule has 62 heavy (non-hydrogen) atoms. The van der Waals surface area contributed by atoms with Gasteiger partial charge in [-0.3, -0.25) is 28.9 Å². The van der Waals surface area contributed by atoms with Crippen LogP contribution in [0.5, 0.6) is 0 Å². The van der Waals surface area contributed by atoms with Crippen LogP contribution in [0.15, 0.2) is 30.6 Å². The fourth-order valence-corrected chi connectivity index (χ4v) is 9.14. The van der Waals surface area contributed by atoms with Crippen molar-refractivity contribution in [2.45, 2.75) is 154 Å². The number of hydrogen-bond donors (Lipinski definition) is 2. The molecule has 3 aliphatic rings. The topological polar surface area (TPSA) is 197 Å². The van der Waals surface area contributed by atoms with E-state index < -0.39 is 83.5 Å². The second-order valence-electron chi connectivity index (χ2n) is 17.4. The van der Waals surface area contributed by atoms with Crippen molar-refractivity contribution in [3.8, 4) is 11.4 Å². The van der Waals surface area contributed by atoms with Crippen LogP contribution in [0.3, 0.4) is 0 Å². The molecule has 0 saturated carbocycles. The third-order valence-corrected chi connectivity index (χ3v) is 12.5. The number of fused-ring (bicyclic) bond motifs is 1. The molecule has 3 aliphatic heterocycles.